The smallest absolute Gasteiger partial charge is 0.254 e. The molecule has 0 spiro atoms. The molecule has 0 radical (unpaired) electrons. The van der Waals surface area contributed by atoms with E-state index < -0.39 is 23.9 Å². The van der Waals surface area contributed by atoms with E-state index in [9.17, 15) is 19.8 Å². The van der Waals surface area contributed by atoms with Gasteiger partial charge in [-0.25, -0.2) is 4.98 Å². The van der Waals surface area contributed by atoms with Gasteiger partial charge in [0.25, 0.3) is 11.8 Å². The lowest BCUT2D eigenvalue weighted by molar-refractivity contribution is 0.0916. The molecule has 5 rings (SSSR count). The fourth-order valence-corrected chi connectivity index (χ4v) is 4.80. The molecule has 5 aromatic rings. The molecule has 0 saturated carbocycles. The van der Waals surface area contributed by atoms with Gasteiger partial charge in [-0.2, -0.15) is 0 Å². The Labute approximate surface area is 244 Å². The number of nitrogens with zero attached hydrogens (tertiary/aromatic N) is 1. The van der Waals surface area contributed by atoms with E-state index in [0.717, 1.165) is 11.1 Å². The number of nitrogens with one attached hydrogen (secondary N) is 2. The van der Waals surface area contributed by atoms with Crippen LogP contribution in [0, 0.1) is 0 Å². The molecular formula is C35H31N3O4. The van der Waals surface area contributed by atoms with Crippen molar-refractivity contribution in [3.63, 3.8) is 0 Å². The molecule has 0 aliphatic rings. The fourth-order valence-electron chi connectivity index (χ4n) is 4.80. The van der Waals surface area contributed by atoms with Crippen LogP contribution in [0.15, 0.2) is 127 Å². The highest BCUT2D eigenvalue weighted by molar-refractivity contribution is 6.06. The summed E-state index contributed by atoms with van der Waals surface area (Å²) in [4.78, 5) is 32.7. The third-order valence-corrected chi connectivity index (χ3v) is 6.99. The molecule has 7 nitrogen and oxygen atoms in total. The number of aromatic nitrogens is 1. The van der Waals surface area contributed by atoms with E-state index in [1.807, 2.05) is 121 Å². The third kappa shape index (κ3) is 6.44. The molecule has 4 aromatic carbocycles. The summed E-state index contributed by atoms with van der Waals surface area (Å²) in [7, 11) is 0. The molecule has 0 saturated heterocycles. The zero-order valence-corrected chi connectivity index (χ0v) is 22.9. The van der Waals surface area contributed by atoms with E-state index in [1.165, 1.54) is 0 Å². The predicted molar refractivity (Wildman–Crippen MR) is 163 cm³/mol. The molecule has 42 heavy (non-hydrogen) atoms. The van der Waals surface area contributed by atoms with Gasteiger partial charge < -0.3 is 20.8 Å². The first-order valence-electron chi connectivity index (χ1n) is 13.7. The van der Waals surface area contributed by atoms with Crippen LogP contribution in [-0.4, -0.2) is 40.2 Å². The first kappa shape index (κ1) is 28.4. The van der Waals surface area contributed by atoms with Gasteiger partial charge in [-0.1, -0.05) is 121 Å². The first-order valence-corrected chi connectivity index (χ1v) is 13.7. The first-order chi connectivity index (χ1) is 20.6. The van der Waals surface area contributed by atoms with Crippen LogP contribution in [0.4, 0.5) is 0 Å². The SMILES string of the molecule is O=C(N[C@@H](CO)c1ccccc1)c1cc(C(=O)N[C@@H](CO)c2ccccc2)c(-c2ccccc2)nc1-c1ccccc1. The molecular weight excluding hydrogens is 526 g/mol. The van der Waals surface area contributed by atoms with Crippen molar-refractivity contribution in [3.8, 4) is 22.5 Å². The van der Waals surface area contributed by atoms with Crippen molar-refractivity contribution in [1.29, 1.82) is 0 Å². The average molecular weight is 558 g/mol. The molecule has 1 heterocycles. The van der Waals surface area contributed by atoms with Crippen molar-refractivity contribution >= 4 is 11.8 Å². The van der Waals surface area contributed by atoms with E-state index in [4.69, 9.17) is 4.98 Å². The maximum atomic E-state index is 13.9. The maximum Gasteiger partial charge on any atom is 0.254 e. The number of aliphatic hydroxyl groups is 2. The van der Waals surface area contributed by atoms with Gasteiger partial charge in [0.1, 0.15) is 0 Å². The monoisotopic (exact) mass is 557 g/mol. The van der Waals surface area contributed by atoms with Gasteiger partial charge in [0.05, 0.1) is 47.8 Å². The Hall–Kier alpha value is -5.11. The Bertz CT molecular complexity index is 1510. The van der Waals surface area contributed by atoms with Gasteiger partial charge >= 0.3 is 0 Å². The zero-order chi connectivity index (χ0) is 29.3. The minimum atomic E-state index is -0.662. The number of amides is 2. The van der Waals surface area contributed by atoms with Gasteiger partial charge in [-0.15, -0.1) is 0 Å². The fraction of sp³-hybridized carbons (Fsp3) is 0.114. The van der Waals surface area contributed by atoms with Gasteiger partial charge in [0.2, 0.25) is 0 Å². The summed E-state index contributed by atoms with van der Waals surface area (Å²) in [6, 6.07) is 37.2. The van der Waals surface area contributed by atoms with Crippen molar-refractivity contribution in [2.24, 2.45) is 0 Å². The highest BCUT2D eigenvalue weighted by atomic mass is 16.3. The van der Waals surface area contributed by atoms with Crippen molar-refractivity contribution in [3.05, 3.63) is 150 Å². The van der Waals surface area contributed by atoms with Crippen LogP contribution >= 0.6 is 0 Å². The molecule has 0 unspecified atom stereocenters. The summed E-state index contributed by atoms with van der Waals surface area (Å²) in [5.74, 6) is -0.973. The number of carbonyl (C=O) groups is 2. The summed E-state index contributed by atoms with van der Waals surface area (Å²) >= 11 is 0. The summed E-state index contributed by atoms with van der Waals surface area (Å²) in [5.41, 5.74) is 4.05. The highest BCUT2D eigenvalue weighted by Crippen LogP contribution is 2.31. The third-order valence-electron chi connectivity index (χ3n) is 6.99. The largest absolute Gasteiger partial charge is 0.394 e. The normalized spacial score (nSPS) is 12.2. The molecule has 2 atom stereocenters. The van der Waals surface area contributed by atoms with Crippen molar-refractivity contribution < 1.29 is 19.8 Å². The minimum Gasteiger partial charge on any atom is -0.394 e. The molecule has 4 N–H and O–H groups in total. The number of rotatable bonds is 10. The average Bonchev–Trinajstić information content (AvgIpc) is 3.06. The van der Waals surface area contributed by atoms with Crippen LogP contribution in [0.25, 0.3) is 22.5 Å². The summed E-state index contributed by atoms with van der Waals surface area (Å²) in [5, 5.41) is 26.1. The topological polar surface area (TPSA) is 112 Å². The molecule has 1 aromatic heterocycles. The van der Waals surface area contributed by atoms with Crippen LogP contribution < -0.4 is 10.6 Å². The quantitative estimate of drug-likeness (QED) is 0.185. The van der Waals surface area contributed by atoms with Crippen molar-refractivity contribution in [1.82, 2.24) is 15.6 Å². The molecule has 210 valence electrons. The Morgan fingerprint density at radius 2 is 0.881 bits per heavy atom. The maximum absolute atomic E-state index is 13.9. The number of carbonyl (C=O) groups excluding carboxylic acids is 2. The second-order valence-electron chi connectivity index (χ2n) is 9.75. The number of hydrogen-bond donors (Lipinski definition) is 4. The predicted octanol–water partition coefficient (Wildman–Crippen LogP) is 5.34. The van der Waals surface area contributed by atoms with Crippen LogP contribution in [0.5, 0.6) is 0 Å². The number of benzene rings is 4. The highest BCUT2D eigenvalue weighted by Gasteiger charge is 2.26. The second kappa shape index (κ2) is 13.5. The lowest BCUT2D eigenvalue weighted by Crippen LogP contribution is -2.33. The Morgan fingerprint density at radius 1 is 0.548 bits per heavy atom. The number of hydrogen-bond acceptors (Lipinski definition) is 5. The van der Waals surface area contributed by atoms with Gasteiger partial charge in [0, 0.05) is 11.1 Å². The summed E-state index contributed by atoms with van der Waals surface area (Å²) < 4.78 is 0. The van der Waals surface area contributed by atoms with Gasteiger partial charge in [-0.05, 0) is 17.2 Å². The molecule has 2 amide bonds. The van der Waals surface area contributed by atoms with Crippen molar-refractivity contribution in [2.75, 3.05) is 13.2 Å². The van der Waals surface area contributed by atoms with Gasteiger partial charge in [0.15, 0.2) is 0 Å². The van der Waals surface area contributed by atoms with E-state index in [0.29, 0.717) is 22.5 Å². The van der Waals surface area contributed by atoms with E-state index in [2.05, 4.69) is 10.6 Å². The van der Waals surface area contributed by atoms with Crippen LogP contribution in [0.2, 0.25) is 0 Å². The number of aliphatic hydroxyl groups excluding tert-OH is 2. The van der Waals surface area contributed by atoms with Crippen LogP contribution in [-0.2, 0) is 0 Å². The molecule has 0 aliphatic carbocycles. The van der Waals surface area contributed by atoms with Crippen LogP contribution in [0.1, 0.15) is 43.9 Å². The van der Waals surface area contributed by atoms with E-state index in [-0.39, 0.29) is 24.3 Å². The summed E-state index contributed by atoms with van der Waals surface area (Å²) in [6.45, 7) is -0.622. The zero-order valence-electron chi connectivity index (χ0n) is 22.9. The van der Waals surface area contributed by atoms with E-state index in [1.54, 1.807) is 6.07 Å². The van der Waals surface area contributed by atoms with Gasteiger partial charge in [-0.3, -0.25) is 9.59 Å². The van der Waals surface area contributed by atoms with E-state index >= 15 is 0 Å². The Balaban J connectivity index is 1.63. The Kier molecular flexibility index (Phi) is 9.13. The summed E-state index contributed by atoms with van der Waals surface area (Å²) in [6.07, 6.45) is 0. The molecule has 0 bridgehead atoms. The van der Waals surface area contributed by atoms with Crippen molar-refractivity contribution in [2.45, 2.75) is 12.1 Å². The number of pyridine rings is 1. The molecule has 0 aliphatic heterocycles. The minimum absolute atomic E-state index is 0.181. The Morgan fingerprint density at radius 3 is 1.21 bits per heavy atom. The standard InChI is InChI=1S/C35H31N3O4/c39-22-30(24-13-5-1-6-14-24)36-34(41)28-21-29(35(42)37-31(23-40)25-15-7-2-8-16-25)33(27-19-11-4-12-20-27)38-32(28)26-17-9-3-10-18-26/h1-21,30-31,39-40H,22-23H2,(H,36,41)(H,37,42)/t30-,31-/m0/s1. The van der Waals surface area contributed by atoms with Crippen LogP contribution in [0.3, 0.4) is 0 Å². The molecule has 0 fully saturated rings. The lowest BCUT2D eigenvalue weighted by Gasteiger charge is -2.21. The molecule has 7 heteroatoms. The second-order valence-corrected chi connectivity index (χ2v) is 9.75. The lowest BCUT2D eigenvalue weighted by atomic mass is 9.97.